The average molecular weight is 265 g/mol. The summed E-state index contributed by atoms with van der Waals surface area (Å²) in [4.78, 5) is 0. The van der Waals surface area contributed by atoms with Gasteiger partial charge < -0.3 is 14.5 Å². The molecule has 0 saturated carbocycles. The molecule has 0 amide bonds. The maximum atomic E-state index is 13.8. The van der Waals surface area contributed by atoms with Gasteiger partial charge in [0.25, 0.3) is 0 Å². The lowest BCUT2D eigenvalue weighted by atomic mass is 9.76. The Labute approximate surface area is 112 Å². The molecule has 0 aromatic heterocycles. The Hall–Kier alpha value is -1.40. The van der Waals surface area contributed by atoms with E-state index in [2.05, 4.69) is 5.16 Å². The molecule has 1 aromatic rings. The summed E-state index contributed by atoms with van der Waals surface area (Å²) in [5, 5.41) is 11.5. The summed E-state index contributed by atoms with van der Waals surface area (Å²) in [6, 6.07) is 4.57. The molecule has 2 rings (SSSR count). The molecule has 0 radical (unpaired) electrons. The van der Waals surface area contributed by atoms with Crippen LogP contribution in [-0.2, 0) is 9.31 Å². The first-order valence-corrected chi connectivity index (χ1v) is 6.10. The first kappa shape index (κ1) is 14.0. The number of benzene rings is 1. The van der Waals surface area contributed by atoms with E-state index in [0.717, 1.165) is 6.21 Å². The van der Waals surface area contributed by atoms with Crippen LogP contribution < -0.4 is 5.46 Å². The quantitative estimate of drug-likeness (QED) is 0.385. The molecule has 1 heterocycles. The minimum Gasteiger partial charge on any atom is -0.411 e. The van der Waals surface area contributed by atoms with Crippen LogP contribution in [0.5, 0.6) is 0 Å². The second-order valence-electron chi connectivity index (χ2n) is 5.58. The van der Waals surface area contributed by atoms with Gasteiger partial charge in [-0.15, -0.1) is 0 Å². The molecule has 1 N–H and O–H groups in total. The molecule has 1 saturated heterocycles. The highest BCUT2D eigenvalue weighted by Crippen LogP contribution is 2.36. The fourth-order valence-electron chi connectivity index (χ4n) is 1.92. The zero-order valence-electron chi connectivity index (χ0n) is 11.5. The molecular formula is C13H17BFNO3. The molecule has 1 aliphatic heterocycles. The van der Waals surface area contributed by atoms with E-state index in [0.29, 0.717) is 5.46 Å². The molecular weight excluding hydrogens is 248 g/mol. The predicted octanol–water partition coefficient (Wildman–Crippen LogP) is 1.93. The summed E-state index contributed by atoms with van der Waals surface area (Å²) < 4.78 is 25.5. The van der Waals surface area contributed by atoms with E-state index in [4.69, 9.17) is 14.5 Å². The highest BCUT2D eigenvalue weighted by Gasteiger charge is 2.52. The van der Waals surface area contributed by atoms with E-state index in [1.54, 1.807) is 12.1 Å². The van der Waals surface area contributed by atoms with Gasteiger partial charge in [-0.3, -0.25) is 0 Å². The summed E-state index contributed by atoms with van der Waals surface area (Å²) >= 11 is 0. The maximum absolute atomic E-state index is 13.8. The van der Waals surface area contributed by atoms with Crippen LogP contribution in [0.15, 0.2) is 23.4 Å². The lowest BCUT2D eigenvalue weighted by Gasteiger charge is -2.32. The molecule has 1 aliphatic rings. The number of nitrogens with zero attached hydrogens (tertiary/aromatic N) is 1. The first-order chi connectivity index (χ1) is 8.78. The zero-order chi connectivity index (χ0) is 14.3. The van der Waals surface area contributed by atoms with E-state index < -0.39 is 24.1 Å². The van der Waals surface area contributed by atoms with Gasteiger partial charge >= 0.3 is 7.12 Å². The van der Waals surface area contributed by atoms with E-state index >= 15 is 0 Å². The van der Waals surface area contributed by atoms with Crippen molar-refractivity contribution in [3.63, 3.8) is 0 Å². The Kier molecular flexibility index (Phi) is 3.41. The van der Waals surface area contributed by atoms with Crippen molar-refractivity contribution < 1.29 is 18.9 Å². The summed E-state index contributed by atoms with van der Waals surface area (Å²) in [6.07, 6.45) is 1.05. The van der Waals surface area contributed by atoms with Gasteiger partial charge in [-0.2, -0.15) is 0 Å². The van der Waals surface area contributed by atoms with Crippen LogP contribution in [0.4, 0.5) is 4.39 Å². The van der Waals surface area contributed by atoms with Crippen molar-refractivity contribution in [2.45, 2.75) is 38.9 Å². The Morgan fingerprint density at radius 3 is 2.32 bits per heavy atom. The number of hydrogen-bond acceptors (Lipinski definition) is 4. The average Bonchev–Trinajstić information content (AvgIpc) is 2.51. The number of rotatable bonds is 2. The number of hydrogen-bond donors (Lipinski definition) is 1. The van der Waals surface area contributed by atoms with Crippen LogP contribution in [0.2, 0.25) is 0 Å². The van der Waals surface area contributed by atoms with Crippen molar-refractivity contribution in [2.24, 2.45) is 5.16 Å². The first-order valence-electron chi connectivity index (χ1n) is 6.10. The largest absolute Gasteiger partial charge is 0.495 e. The molecule has 0 bridgehead atoms. The maximum Gasteiger partial charge on any atom is 0.495 e. The Balaban J connectivity index is 2.42. The van der Waals surface area contributed by atoms with Crippen LogP contribution in [0, 0.1) is 5.82 Å². The highest BCUT2D eigenvalue weighted by atomic mass is 19.1. The van der Waals surface area contributed by atoms with Gasteiger partial charge in [0.1, 0.15) is 5.82 Å². The Morgan fingerprint density at radius 2 is 1.79 bits per heavy atom. The molecule has 0 unspecified atom stereocenters. The van der Waals surface area contributed by atoms with Crippen LogP contribution >= 0.6 is 0 Å². The van der Waals surface area contributed by atoms with E-state index in [9.17, 15) is 4.39 Å². The van der Waals surface area contributed by atoms with Crippen LogP contribution in [0.3, 0.4) is 0 Å². The fraction of sp³-hybridized carbons (Fsp3) is 0.462. The predicted molar refractivity (Wildman–Crippen MR) is 71.5 cm³/mol. The monoisotopic (exact) mass is 265 g/mol. The number of oxime groups is 1. The fourth-order valence-corrected chi connectivity index (χ4v) is 1.92. The van der Waals surface area contributed by atoms with Crippen molar-refractivity contribution in [1.82, 2.24) is 0 Å². The van der Waals surface area contributed by atoms with Gasteiger partial charge in [0.05, 0.1) is 17.4 Å². The molecule has 19 heavy (non-hydrogen) atoms. The molecule has 0 atom stereocenters. The van der Waals surface area contributed by atoms with Crippen LogP contribution in [0.1, 0.15) is 33.3 Å². The summed E-state index contributed by atoms with van der Waals surface area (Å²) in [6.45, 7) is 7.69. The van der Waals surface area contributed by atoms with Gasteiger partial charge in [-0.05, 0) is 39.2 Å². The Bertz CT molecular complexity index is 501. The molecule has 6 heteroatoms. The molecule has 1 fully saturated rings. The molecule has 1 aromatic carbocycles. The minimum absolute atomic E-state index is 0.170. The standard InChI is InChI=1S/C13H17BFNO3/c1-12(2)13(3,4)19-14(18-12)10-6-5-7-11(15)9(10)8-16-17/h5-8,17H,1-4H3/b16-8-. The zero-order valence-corrected chi connectivity index (χ0v) is 11.5. The molecule has 0 spiro atoms. The van der Waals surface area contributed by atoms with E-state index in [1.165, 1.54) is 6.07 Å². The third kappa shape index (κ3) is 2.38. The highest BCUT2D eigenvalue weighted by molar-refractivity contribution is 6.63. The topological polar surface area (TPSA) is 51.0 Å². The third-order valence-corrected chi connectivity index (χ3v) is 3.78. The van der Waals surface area contributed by atoms with Crippen LogP contribution in [-0.4, -0.2) is 29.7 Å². The minimum atomic E-state index is -0.686. The van der Waals surface area contributed by atoms with Gasteiger partial charge in [0.2, 0.25) is 0 Å². The summed E-state index contributed by atoms with van der Waals surface area (Å²) in [5.74, 6) is -0.481. The number of halogens is 1. The Morgan fingerprint density at radius 1 is 1.21 bits per heavy atom. The van der Waals surface area contributed by atoms with Crippen molar-refractivity contribution in [3.8, 4) is 0 Å². The van der Waals surface area contributed by atoms with Crippen molar-refractivity contribution in [1.29, 1.82) is 0 Å². The van der Waals surface area contributed by atoms with Crippen LogP contribution in [0.25, 0.3) is 0 Å². The van der Waals surface area contributed by atoms with Gasteiger partial charge in [-0.1, -0.05) is 17.3 Å². The third-order valence-electron chi connectivity index (χ3n) is 3.78. The second-order valence-corrected chi connectivity index (χ2v) is 5.58. The van der Waals surface area contributed by atoms with Gasteiger partial charge in [0.15, 0.2) is 0 Å². The SMILES string of the molecule is CC1(C)OB(c2cccc(F)c2/C=N\O)OC1(C)C. The van der Waals surface area contributed by atoms with Crippen molar-refractivity contribution >= 4 is 18.8 Å². The molecule has 102 valence electrons. The molecule has 4 nitrogen and oxygen atoms in total. The van der Waals surface area contributed by atoms with Gasteiger partial charge in [0, 0.05) is 5.56 Å². The van der Waals surface area contributed by atoms with E-state index in [-0.39, 0.29) is 5.56 Å². The normalized spacial score (nSPS) is 21.2. The second kappa shape index (κ2) is 4.61. The van der Waals surface area contributed by atoms with Crippen molar-refractivity contribution in [3.05, 3.63) is 29.6 Å². The smallest absolute Gasteiger partial charge is 0.411 e. The lowest BCUT2D eigenvalue weighted by molar-refractivity contribution is 0.00578. The van der Waals surface area contributed by atoms with Gasteiger partial charge in [-0.25, -0.2) is 4.39 Å². The van der Waals surface area contributed by atoms with E-state index in [1.807, 2.05) is 27.7 Å². The lowest BCUT2D eigenvalue weighted by Crippen LogP contribution is -2.41. The molecule has 0 aliphatic carbocycles. The summed E-state index contributed by atoms with van der Waals surface area (Å²) in [5.41, 5.74) is -0.324. The van der Waals surface area contributed by atoms with Crippen molar-refractivity contribution in [2.75, 3.05) is 0 Å². The summed E-state index contributed by atoms with van der Waals surface area (Å²) in [7, 11) is -0.686.